The largest absolute Gasteiger partial charge is 0.325 e. The predicted molar refractivity (Wildman–Crippen MR) is 82.4 cm³/mol. The highest BCUT2D eigenvalue weighted by Crippen LogP contribution is 2.14. The van der Waals surface area contributed by atoms with Crippen LogP contribution in [0.5, 0.6) is 0 Å². The van der Waals surface area contributed by atoms with Crippen LogP contribution in [0, 0.1) is 12.7 Å². The van der Waals surface area contributed by atoms with E-state index in [1.165, 1.54) is 23.9 Å². The number of hydrogen-bond acceptors (Lipinski definition) is 2. The molecule has 104 valence electrons. The number of aryl methyl sites for hydroxylation is 1. The molecule has 1 amide bonds. The summed E-state index contributed by atoms with van der Waals surface area (Å²) in [5, 5.41) is 2.85. The van der Waals surface area contributed by atoms with Gasteiger partial charge in [-0.2, -0.15) is 0 Å². The molecule has 0 radical (unpaired) electrons. The van der Waals surface area contributed by atoms with Crippen molar-refractivity contribution < 1.29 is 9.18 Å². The Balaban J connectivity index is 1.78. The zero-order valence-corrected chi connectivity index (χ0v) is 12.0. The van der Waals surface area contributed by atoms with E-state index >= 15 is 0 Å². The minimum atomic E-state index is -0.243. The van der Waals surface area contributed by atoms with Crippen LogP contribution in [0.2, 0.25) is 0 Å². The number of rotatable bonds is 5. The van der Waals surface area contributed by atoms with Gasteiger partial charge in [0.25, 0.3) is 0 Å². The summed E-state index contributed by atoms with van der Waals surface area (Å²) in [6.45, 7) is 1.98. The summed E-state index contributed by atoms with van der Waals surface area (Å²) in [7, 11) is 0. The summed E-state index contributed by atoms with van der Waals surface area (Å²) in [6.07, 6.45) is 0. The lowest BCUT2D eigenvalue weighted by Gasteiger charge is -2.06. The molecule has 0 aliphatic rings. The Labute approximate surface area is 122 Å². The van der Waals surface area contributed by atoms with Crippen molar-refractivity contribution in [3.8, 4) is 0 Å². The van der Waals surface area contributed by atoms with Crippen LogP contribution in [-0.4, -0.2) is 11.7 Å². The zero-order valence-electron chi connectivity index (χ0n) is 11.2. The van der Waals surface area contributed by atoms with Gasteiger partial charge < -0.3 is 5.32 Å². The minimum Gasteiger partial charge on any atom is -0.325 e. The van der Waals surface area contributed by atoms with Gasteiger partial charge in [0.1, 0.15) is 5.82 Å². The highest BCUT2D eigenvalue weighted by Gasteiger charge is 2.03. The van der Waals surface area contributed by atoms with Crippen LogP contribution in [0.1, 0.15) is 11.1 Å². The number of halogens is 1. The summed E-state index contributed by atoms with van der Waals surface area (Å²) in [5.41, 5.74) is 2.80. The van der Waals surface area contributed by atoms with E-state index in [1.54, 1.807) is 6.07 Å². The molecule has 1 N–H and O–H groups in total. The first-order chi connectivity index (χ1) is 9.63. The van der Waals surface area contributed by atoms with Gasteiger partial charge >= 0.3 is 0 Å². The van der Waals surface area contributed by atoms with E-state index in [0.717, 1.165) is 16.8 Å². The minimum absolute atomic E-state index is 0.0444. The van der Waals surface area contributed by atoms with E-state index in [1.807, 2.05) is 37.3 Å². The number of benzene rings is 2. The van der Waals surface area contributed by atoms with Gasteiger partial charge in [-0.05, 0) is 42.3 Å². The molecule has 20 heavy (non-hydrogen) atoms. The zero-order chi connectivity index (χ0) is 14.4. The third kappa shape index (κ3) is 4.70. The molecule has 0 aromatic heterocycles. The van der Waals surface area contributed by atoms with E-state index < -0.39 is 0 Å². The van der Waals surface area contributed by atoms with Crippen LogP contribution in [0.25, 0.3) is 0 Å². The van der Waals surface area contributed by atoms with Gasteiger partial charge in [-0.15, -0.1) is 11.8 Å². The topological polar surface area (TPSA) is 29.1 Å². The maximum Gasteiger partial charge on any atom is 0.234 e. The highest BCUT2D eigenvalue weighted by molar-refractivity contribution is 7.99. The SMILES string of the molecule is Cc1cccc(NC(=O)CSCc2cccc(F)c2)c1. The molecule has 0 spiro atoms. The Morgan fingerprint density at radius 1 is 1.20 bits per heavy atom. The van der Waals surface area contributed by atoms with Crippen LogP contribution in [0.15, 0.2) is 48.5 Å². The number of hydrogen-bond donors (Lipinski definition) is 1. The van der Waals surface area contributed by atoms with E-state index in [4.69, 9.17) is 0 Å². The van der Waals surface area contributed by atoms with E-state index in [2.05, 4.69) is 5.32 Å². The summed E-state index contributed by atoms with van der Waals surface area (Å²) >= 11 is 1.47. The van der Waals surface area contributed by atoms with E-state index in [9.17, 15) is 9.18 Å². The van der Waals surface area contributed by atoms with Crippen molar-refractivity contribution in [1.82, 2.24) is 0 Å². The van der Waals surface area contributed by atoms with E-state index in [-0.39, 0.29) is 11.7 Å². The van der Waals surface area contributed by atoms with Crippen molar-refractivity contribution in [2.24, 2.45) is 0 Å². The Morgan fingerprint density at radius 2 is 2.00 bits per heavy atom. The van der Waals surface area contributed by atoms with Crippen molar-refractivity contribution in [1.29, 1.82) is 0 Å². The number of carbonyl (C=O) groups excluding carboxylic acids is 1. The third-order valence-corrected chi connectivity index (χ3v) is 3.70. The second-order valence-corrected chi connectivity index (χ2v) is 5.53. The fourth-order valence-electron chi connectivity index (χ4n) is 1.81. The van der Waals surface area contributed by atoms with Crippen molar-refractivity contribution in [2.45, 2.75) is 12.7 Å². The first-order valence-electron chi connectivity index (χ1n) is 6.32. The normalized spacial score (nSPS) is 10.3. The Kier molecular flexibility index (Phi) is 5.18. The number of anilines is 1. The third-order valence-electron chi connectivity index (χ3n) is 2.69. The standard InChI is InChI=1S/C16H16FNOS/c1-12-4-2-7-15(8-12)18-16(19)11-20-10-13-5-3-6-14(17)9-13/h2-9H,10-11H2,1H3,(H,18,19). The number of carbonyl (C=O) groups is 1. The van der Waals surface area contributed by atoms with Gasteiger partial charge in [-0.3, -0.25) is 4.79 Å². The lowest BCUT2D eigenvalue weighted by molar-refractivity contribution is -0.113. The molecule has 2 aromatic carbocycles. The van der Waals surface area contributed by atoms with Crippen molar-refractivity contribution >= 4 is 23.4 Å². The lowest BCUT2D eigenvalue weighted by Crippen LogP contribution is -2.14. The summed E-state index contributed by atoms with van der Waals surface area (Å²) < 4.78 is 13.0. The molecule has 0 saturated carbocycles. The number of nitrogens with one attached hydrogen (secondary N) is 1. The predicted octanol–water partition coefficient (Wildman–Crippen LogP) is 4.01. The second-order valence-electron chi connectivity index (χ2n) is 4.54. The fourth-order valence-corrected chi connectivity index (χ4v) is 2.58. The molecule has 0 fully saturated rings. The first-order valence-corrected chi connectivity index (χ1v) is 7.47. The van der Waals surface area contributed by atoms with Crippen LogP contribution in [-0.2, 0) is 10.5 Å². The van der Waals surface area contributed by atoms with E-state index in [0.29, 0.717) is 11.5 Å². The summed E-state index contributed by atoms with van der Waals surface area (Å²) in [4.78, 5) is 11.8. The van der Waals surface area contributed by atoms with Crippen molar-refractivity contribution in [2.75, 3.05) is 11.1 Å². The molecule has 0 unspecified atom stereocenters. The molecule has 2 rings (SSSR count). The number of amides is 1. The highest BCUT2D eigenvalue weighted by atomic mass is 32.2. The van der Waals surface area contributed by atoms with Crippen LogP contribution >= 0.6 is 11.8 Å². The lowest BCUT2D eigenvalue weighted by atomic mass is 10.2. The summed E-state index contributed by atoms with van der Waals surface area (Å²) in [5.74, 6) is 0.688. The van der Waals surface area contributed by atoms with Gasteiger partial charge in [0.2, 0.25) is 5.91 Å². The molecular formula is C16H16FNOS. The molecule has 0 bridgehead atoms. The molecule has 0 heterocycles. The van der Waals surface area contributed by atoms with Crippen LogP contribution in [0.4, 0.5) is 10.1 Å². The Morgan fingerprint density at radius 3 is 2.75 bits per heavy atom. The van der Waals surface area contributed by atoms with Gasteiger partial charge in [0.05, 0.1) is 5.75 Å². The van der Waals surface area contributed by atoms with Crippen molar-refractivity contribution in [3.05, 3.63) is 65.5 Å². The molecule has 2 aromatic rings. The van der Waals surface area contributed by atoms with Gasteiger partial charge in [-0.25, -0.2) is 4.39 Å². The Hall–Kier alpha value is -1.81. The average molecular weight is 289 g/mol. The van der Waals surface area contributed by atoms with Crippen molar-refractivity contribution in [3.63, 3.8) is 0 Å². The molecular weight excluding hydrogens is 273 g/mol. The van der Waals surface area contributed by atoms with Gasteiger partial charge in [-0.1, -0.05) is 24.3 Å². The van der Waals surface area contributed by atoms with Gasteiger partial charge in [0.15, 0.2) is 0 Å². The molecule has 4 heteroatoms. The molecule has 0 aliphatic heterocycles. The second kappa shape index (κ2) is 7.10. The van der Waals surface area contributed by atoms with Gasteiger partial charge in [0, 0.05) is 11.4 Å². The maximum absolute atomic E-state index is 13.0. The quantitative estimate of drug-likeness (QED) is 0.901. The molecule has 0 atom stereocenters. The molecule has 2 nitrogen and oxygen atoms in total. The van der Waals surface area contributed by atoms with Crippen LogP contribution in [0.3, 0.4) is 0 Å². The Bertz CT molecular complexity index is 601. The maximum atomic E-state index is 13.0. The molecule has 0 aliphatic carbocycles. The average Bonchev–Trinajstić information content (AvgIpc) is 2.38. The smallest absolute Gasteiger partial charge is 0.234 e. The first kappa shape index (κ1) is 14.6. The fraction of sp³-hybridized carbons (Fsp3) is 0.188. The summed E-state index contributed by atoms with van der Waals surface area (Å²) in [6, 6.07) is 14.1. The molecule has 0 saturated heterocycles. The monoisotopic (exact) mass is 289 g/mol. The van der Waals surface area contributed by atoms with Crippen LogP contribution < -0.4 is 5.32 Å². The number of thioether (sulfide) groups is 1.